The van der Waals surface area contributed by atoms with E-state index in [9.17, 15) is 4.79 Å². The van der Waals surface area contributed by atoms with Crippen molar-refractivity contribution in [3.8, 4) is 17.7 Å². The summed E-state index contributed by atoms with van der Waals surface area (Å²) >= 11 is 0. The summed E-state index contributed by atoms with van der Waals surface area (Å²) in [6, 6.07) is 7.86. The van der Waals surface area contributed by atoms with Crippen LogP contribution in [0.15, 0.2) is 24.4 Å². The summed E-state index contributed by atoms with van der Waals surface area (Å²) in [4.78, 5) is 18.0. The van der Waals surface area contributed by atoms with Crippen molar-refractivity contribution in [2.45, 2.75) is 45.8 Å². The largest absolute Gasteiger partial charge is 0.491 e. The smallest absolute Gasteiger partial charge is 0.236 e. The number of hydrogen-bond acceptors (Lipinski definition) is 6. The third kappa shape index (κ3) is 5.15. The first-order valence-electron chi connectivity index (χ1n) is 10.1. The summed E-state index contributed by atoms with van der Waals surface area (Å²) in [5.41, 5.74) is 6.85. The van der Waals surface area contributed by atoms with Crippen molar-refractivity contribution in [1.82, 2.24) is 9.88 Å². The lowest BCUT2D eigenvalue weighted by atomic mass is 9.97. The summed E-state index contributed by atoms with van der Waals surface area (Å²) in [5.74, 6) is 1.61. The Morgan fingerprint density at radius 2 is 2.14 bits per heavy atom. The van der Waals surface area contributed by atoms with Crippen molar-refractivity contribution in [1.29, 1.82) is 5.26 Å². The van der Waals surface area contributed by atoms with Crippen LogP contribution in [-0.4, -0.2) is 41.6 Å². The van der Waals surface area contributed by atoms with Gasteiger partial charge in [-0.05, 0) is 56.2 Å². The number of nitrogens with two attached hydrogens (primary N) is 1. The molecule has 7 heteroatoms. The number of hydrogen-bond donors (Lipinski definition) is 1. The SMILES string of the molecule is CC(C)Oc1cc2c(OCC3CCN(C(=O)CC#N)CC3)nccc2cc1CN. The molecule has 1 amide bonds. The fraction of sp³-hybridized carbons (Fsp3) is 0.500. The average molecular weight is 396 g/mol. The minimum absolute atomic E-state index is 0.0488. The molecule has 0 spiro atoms. The highest BCUT2D eigenvalue weighted by Gasteiger charge is 2.23. The molecule has 1 saturated heterocycles. The lowest BCUT2D eigenvalue weighted by Crippen LogP contribution is -2.39. The fourth-order valence-corrected chi connectivity index (χ4v) is 3.59. The molecule has 2 heterocycles. The Balaban J connectivity index is 1.69. The molecule has 0 radical (unpaired) electrons. The number of piperidine rings is 1. The van der Waals surface area contributed by atoms with Crippen LogP contribution in [0.3, 0.4) is 0 Å². The molecule has 3 rings (SSSR count). The van der Waals surface area contributed by atoms with Crippen LogP contribution in [0.1, 0.15) is 38.7 Å². The summed E-state index contributed by atoms with van der Waals surface area (Å²) in [7, 11) is 0. The lowest BCUT2D eigenvalue weighted by molar-refractivity contribution is -0.131. The van der Waals surface area contributed by atoms with E-state index < -0.39 is 0 Å². The molecule has 2 N–H and O–H groups in total. The zero-order valence-electron chi connectivity index (χ0n) is 17.1. The van der Waals surface area contributed by atoms with E-state index in [1.165, 1.54) is 0 Å². The van der Waals surface area contributed by atoms with Crippen LogP contribution >= 0.6 is 0 Å². The standard InChI is InChI=1S/C22H28N4O3/c1-15(2)29-20-12-19-17(11-18(20)13-24)4-8-25-22(19)28-14-16-5-9-26(10-6-16)21(27)3-7-23/h4,8,11-12,15-16H,3,5-6,9-10,13-14,24H2,1-2H3. The van der Waals surface area contributed by atoms with Gasteiger partial charge >= 0.3 is 0 Å². The number of fused-ring (bicyclic) bond motifs is 1. The molecule has 0 bridgehead atoms. The van der Waals surface area contributed by atoms with E-state index in [0.29, 0.717) is 38.0 Å². The molecule has 0 unspecified atom stereocenters. The van der Waals surface area contributed by atoms with Gasteiger partial charge in [0.15, 0.2) is 0 Å². The van der Waals surface area contributed by atoms with Gasteiger partial charge in [0.2, 0.25) is 11.8 Å². The second-order valence-electron chi connectivity index (χ2n) is 7.64. The highest BCUT2D eigenvalue weighted by atomic mass is 16.5. The number of nitriles is 1. The molecular formula is C22H28N4O3. The highest BCUT2D eigenvalue weighted by Crippen LogP contribution is 2.32. The van der Waals surface area contributed by atoms with Crippen LogP contribution in [-0.2, 0) is 11.3 Å². The fourth-order valence-electron chi connectivity index (χ4n) is 3.59. The van der Waals surface area contributed by atoms with Gasteiger partial charge in [-0.1, -0.05) is 0 Å². The van der Waals surface area contributed by atoms with Crippen LogP contribution in [0, 0.1) is 17.2 Å². The van der Waals surface area contributed by atoms with Gasteiger partial charge in [0.05, 0.1) is 18.8 Å². The Kier molecular flexibility index (Phi) is 6.89. The first-order chi connectivity index (χ1) is 14.0. The van der Waals surface area contributed by atoms with Crippen LogP contribution < -0.4 is 15.2 Å². The lowest BCUT2D eigenvalue weighted by Gasteiger charge is -2.31. The molecule has 0 saturated carbocycles. The first-order valence-corrected chi connectivity index (χ1v) is 10.1. The normalized spacial score (nSPS) is 14.8. The molecule has 1 aromatic heterocycles. The number of carbonyl (C=O) groups is 1. The van der Waals surface area contributed by atoms with E-state index in [4.69, 9.17) is 20.5 Å². The molecular weight excluding hydrogens is 368 g/mol. The molecule has 154 valence electrons. The number of pyridine rings is 1. The van der Waals surface area contributed by atoms with Gasteiger partial charge in [-0.3, -0.25) is 4.79 Å². The number of nitrogens with zero attached hydrogens (tertiary/aromatic N) is 3. The van der Waals surface area contributed by atoms with E-state index >= 15 is 0 Å². The summed E-state index contributed by atoms with van der Waals surface area (Å²) < 4.78 is 12.0. The Bertz CT molecular complexity index is 899. The summed E-state index contributed by atoms with van der Waals surface area (Å²) in [6.07, 6.45) is 3.46. The van der Waals surface area contributed by atoms with Crippen molar-refractivity contribution >= 4 is 16.7 Å². The molecule has 1 aliphatic heterocycles. The van der Waals surface area contributed by atoms with Gasteiger partial charge < -0.3 is 20.1 Å². The van der Waals surface area contributed by atoms with Crippen molar-refractivity contribution in [3.05, 3.63) is 30.0 Å². The molecule has 1 fully saturated rings. The van der Waals surface area contributed by atoms with Gasteiger partial charge in [-0.15, -0.1) is 0 Å². The summed E-state index contributed by atoms with van der Waals surface area (Å²) in [6.45, 7) is 6.26. The van der Waals surface area contributed by atoms with Gasteiger partial charge in [-0.2, -0.15) is 5.26 Å². The van der Waals surface area contributed by atoms with Crippen LogP contribution in [0.5, 0.6) is 11.6 Å². The predicted molar refractivity (Wildman–Crippen MR) is 110 cm³/mol. The monoisotopic (exact) mass is 396 g/mol. The number of amides is 1. The number of carbonyl (C=O) groups excluding carboxylic acids is 1. The van der Waals surface area contributed by atoms with Gasteiger partial charge in [-0.25, -0.2) is 4.98 Å². The van der Waals surface area contributed by atoms with Crippen molar-refractivity contribution in [2.24, 2.45) is 11.7 Å². The third-order valence-electron chi connectivity index (χ3n) is 5.14. The molecule has 0 aliphatic carbocycles. The molecule has 1 aromatic carbocycles. The first kappa shape index (κ1) is 20.9. The van der Waals surface area contributed by atoms with Gasteiger partial charge in [0, 0.05) is 36.8 Å². The average Bonchev–Trinajstić information content (AvgIpc) is 2.72. The maximum absolute atomic E-state index is 11.8. The van der Waals surface area contributed by atoms with Crippen LogP contribution in [0.4, 0.5) is 0 Å². The number of likely N-dealkylation sites (tertiary alicyclic amines) is 1. The molecule has 29 heavy (non-hydrogen) atoms. The number of benzene rings is 1. The van der Waals surface area contributed by atoms with Crippen LogP contribution in [0.2, 0.25) is 0 Å². The van der Waals surface area contributed by atoms with E-state index in [2.05, 4.69) is 4.98 Å². The number of aromatic nitrogens is 1. The Hall–Kier alpha value is -2.85. The van der Waals surface area contributed by atoms with Crippen LogP contribution in [0.25, 0.3) is 10.8 Å². The minimum atomic E-state index is -0.0871. The van der Waals surface area contributed by atoms with Gasteiger partial charge in [0.25, 0.3) is 0 Å². The Morgan fingerprint density at radius 1 is 1.38 bits per heavy atom. The molecule has 2 aromatic rings. The maximum atomic E-state index is 11.8. The van der Waals surface area contributed by atoms with Crippen molar-refractivity contribution in [2.75, 3.05) is 19.7 Å². The Morgan fingerprint density at radius 3 is 2.79 bits per heavy atom. The number of ether oxygens (including phenoxy) is 2. The topological polar surface area (TPSA) is 101 Å². The molecule has 0 atom stereocenters. The van der Waals surface area contributed by atoms with E-state index in [-0.39, 0.29) is 18.4 Å². The van der Waals surface area contributed by atoms with E-state index in [1.54, 1.807) is 11.1 Å². The second kappa shape index (κ2) is 9.57. The quantitative estimate of drug-likeness (QED) is 0.772. The van der Waals surface area contributed by atoms with E-state index in [1.807, 2.05) is 38.1 Å². The van der Waals surface area contributed by atoms with E-state index in [0.717, 1.165) is 34.9 Å². The van der Waals surface area contributed by atoms with Gasteiger partial charge in [0.1, 0.15) is 12.2 Å². The molecule has 1 aliphatic rings. The minimum Gasteiger partial charge on any atom is -0.491 e. The summed E-state index contributed by atoms with van der Waals surface area (Å²) in [5, 5.41) is 10.6. The Labute approximate surface area is 171 Å². The third-order valence-corrected chi connectivity index (χ3v) is 5.14. The second-order valence-corrected chi connectivity index (χ2v) is 7.64. The number of rotatable bonds is 7. The zero-order valence-corrected chi connectivity index (χ0v) is 17.1. The maximum Gasteiger partial charge on any atom is 0.236 e. The highest BCUT2D eigenvalue weighted by molar-refractivity contribution is 5.89. The molecule has 7 nitrogen and oxygen atoms in total. The predicted octanol–water partition coefficient (Wildman–Crippen LogP) is 3.01. The zero-order chi connectivity index (χ0) is 20.8. The van der Waals surface area contributed by atoms with Crippen molar-refractivity contribution in [3.63, 3.8) is 0 Å². The van der Waals surface area contributed by atoms with Crippen molar-refractivity contribution < 1.29 is 14.3 Å².